The number of amides is 3. The van der Waals surface area contributed by atoms with Crippen LogP contribution in [0.1, 0.15) is 55.2 Å². The van der Waals surface area contributed by atoms with Gasteiger partial charge in [0.2, 0.25) is 0 Å². The highest BCUT2D eigenvalue weighted by molar-refractivity contribution is 6.12. The summed E-state index contributed by atoms with van der Waals surface area (Å²) >= 11 is 0. The van der Waals surface area contributed by atoms with E-state index in [9.17, 15) is 14.4 Å². The third-order valence-electron chi connectivity index (χ3n) is 12.8. The number of carbonyl (C=O) groups is 3. The lowest BCUT2D eigenvalue weighted by Crippen LogP contribution is -2.27. The van der Waals surface area contributed by atoms with E-state index in [-0.39, 0.29) is 25.1 Å². The van der Waals surface area contributed by atoms with Gasteiger partial charge in [0.1, 0.15) is 0 Å². The van der Waals surface area contributed by atoms with Crippen LogP contribution in [0.4, 0.5) is 0 Å². The molecule has 0 spiro atoms. The van der Waals surface area contributed by atoms with Crippen LogP contribution in [0.5, 0.6) is 0 Å². The van der Waals surface area contributed by atoms with E-state index in [1.807, 2.05) is 84.7 Å². The third-order valence-corrected chi connectivity index (χ3v) is 12.8. The van der Waals surface area contributed by atoms with Gasteiger partial charge in [-0.3, -0.25) is 14.4 Å². The highest BCUT2D eigenvalue weighted by Crippen LogP contribution is 2.39. The van der Waals surface area contributed by atoms with Crippen LogP contribution in [0, 0.1) is 0 Å². The van der Waals surface area contributed by atoms with Crippen molar-refractivity contribution in [2.75, 3.05) is 26.7 Å². The maximum Gasteiger partial charge on any atom is 0.254 e. The summed E-state index contributed by atoms with van der Waals surface area (Å²) in [7, 11) is 6.06. The highest BCUT2D eigenvalue weighted by Gasteiger charge is 2.27. The van der Waals surface area contributed by atoms with Crippen molar-refractivity contribution in [3.63, 3.8) is 0 Å². The molecule has 0 aliphatic carbocycles. The lowest BCUT2D eigenvalue weighted by Gasteiger charge is -2.15. The fraction of sp³-hybridized carbons (Fsp3) is 0.182. The van der Waals surface area contributed by atoms with Gasteiger partial charge in [-0.15, -0.1) is 0 Å². The second-order valence-corrected chi connectivity index (χ2v) is 16.5. The Morgan fingerprint density at radius 3 is 1.47 bits per heavy atom. The third kappa shape index (κ3) is 7.12. The molecule has 3 aliphatic rings. The number of likely N-dealkylation sites (N-methyl/N-ethyl adjacent to an activating group) is 1. The Balaban J connectivity index is 0.000000121. The van der Waals surface area contributed by atoms with Crippen LogP contribution in [-0.2, 0) is 33.4 Å². The molecule has 6 heterocycles. The van der Waals surface area contributed by atoms with E-state index in [0.717, 1.165) is 80.9 Å². The monoisotopic (exact) mass is 844 g/mol. The summed E-state index contributed by atoms with van der Waals surface area (Å²) in [5.74, 6) is 0.173. The van der Waals surface area contributed by atoms with Gasteiger partial charge < -0.3 is 29.7 Å². The minimum atomic E-state index is 0. The molecule has 3 aromatic heterocycles. The van der Waals surface area contributed by atoms with E-state index in [1.54, 1.807) is 0 Å². The number of hydrogen-bond donors (Lipinski definition) is 3. The lowest BCUT2D eigenvalue weighted by molar-refractivity contribution is 0.0800. The first-order valence-corrected chi connectivity index (χ1v) is 21.6. The fourth-order valence-electron chi connectivity index (χ4n) is 9.92. The number of hydrogen-bond acceptors (Lipinski definition) is 3. The van der Waals surface area contributed by atoms with Crippen molar-refractivity contribution < 1.29 is 14.4 Å². The second kappa shape index (κ2) is 17.3. The molecule has 0 fully saturated rings. The van der Waals surface area contributed by atoms with Crippen LogP contribution in [0.2, 0.25) is 0 Å². The standard InChI is InChI=1S/C19H18N2O.C18H16N2O.C17H14N2O.CH4/c1-20-12-11-14-17-15(19(20)22)9-6-10-16(17)21(2)18(14)13-7-4-3-5-8-13;1-20-15-9-5-8-14-16(15)13(10-11-19-18(14)21)17(20)12-6-3-2-4-7-12;20-17-13-7-4-8-14-15(13)12(9-10-18-17)16(19-14)11-5-2-1-3-6-11;/h3-10H,11-12H2,1-2H3;2-9H,10-11H2,1H3,(H,19,21);1-8,19H,9-10H2,(H,18,20);1H4. The molecule has 3 aliphatic heterocycles. The summed E-state index contributed by atoms with van der Waals surface area (Å²) in [6.45, 7) is 2.12. The van der Waals surface area contributed by atoms with Gasteiger partial charge in [-0.05, 0) is 89.0 Å². The zero-order valence-corrected chi connectivity index (χ0v) is 35.7. The first-order chi connectivity index (χ1) is 30.8. The van der Waals surface area contributed by atoms with Gasteiger partial charge in [0, 0.05) is 95.9 Å². The molecule has 9 heteroatoms. The van der Waals surface area contributed by atoms with Crippen molar-refractivity contribution in [1.82, 2.24) is 29.7 Å². The number of H-pyrrole nitrogens is 1. The molecular formula is C55H52N6O3. The molecule has 0 saturated heterocycles. The van der Waals surface area contributed by atoms with E-state index in [4.69, 9.17) is 0 Å². The number of aromatic nitrogens is 3. The van der Waals surface area contributed by atoms with Crippen molar-refractivity contribution in [1.29, 1.82) is 0 Å². The van der Waals surface area contributed by atoms with Crippen LogP contribution in [0.25, 0.3) is 66.5 Å². The summed E-state index contributed by atoms with van der Waals surface area (Å²) < 4.78 is 4.43. The van der Waals surface area contributed by atoms with Gasteiger partial charge in [-0.1, -0.05) is 117 Å². The molecule has 6 aromatic carbocycles. The van der Waals surface area contributed by atoms with Crippen LogP contribution >= 0.6 is 0 Å². The average Bonchev–Trinajstić information content (AvgIpc) is 3.81. The smallest absolute Gasteiger partial charge is 0.254 e. The topological polar surface area (TPSA) is 104 Å². The minimum absolute atomic E-state index is 0. The number of rotatable bonds is 3. The van der Waals surface area contributed by atoms with Crippen LogP contribution in [-0.4, -0.2) is 63.4 Å². The number of nitrogens with one attached hydrogen (secondary N) is 3. The summed E-state index contributed by atoms with van der Waals surface area (Å²) in [6, 6.07) is 49.0. The van der Waals surface area contributed by atoms with Gasteiger partial charge in [0.05, 0.1) is 11.4 Å². The number of benzene rings is 6. The van der Waals surface area contributed by atoms with E-state index in [2.05, 4.69) is 112 Å². The Morgan fingerprint density at radius 1 is 0.453 bits per heavy atom. The van der Waals surface area contributed by atoms with Crippen LogP contribution < -0.4 is 10.6 Å². The molecule has 12 rings (SSSR count). The molecule has 0 atom stereocenters. The molecule has 0 bridgehead atoms. The molecule has 9 aromatic rings. The van der Waals surface area contributed by atoms with Gasteiger partial charge in [-0.25, -0.2) is 0 Å². The minimum Gasteiger partial charge on any atom is -0.354 e. The Kier molecular flexibility index (Phi) is 11.2. The summed E-state index contributed by atoms with van der Waals surface area (Å²) in [5.41, 5.74) is 16.6. The Morgan fingerprint density at radius 2 is 0.906 bits per heavy atom. The van der Waals surface area contributed by atoms with Crippen molar-refractivity contribution in [2.24, 2.45) is 14.1 Å². The Labute approximate surface area is 373 Å². The SMILES string of the molecule is C.CN1CCc2c(-c3ccccc3)n(C)c3cccc(c23)C1=O.Cn1c(-c2ccccc2)c2c3c(cccc31)C(=O)NCC2.O=C1NCCc2c(-c3ccccc3)[nH]c3cccc1c23. The zero-order valence-electron chi connectivity index (χ0n) is 35.7. The Bertz CT molecular complexity index is 3210. The first kappa shape index (κ1) is 41.7. The van der Waals surface area contributed by atoms with Gasteiger partial charge >= 0.3 is 0 Å². The number of nitrogens with zero attached hydrogens (tertiary/aromatic N) is 3. The zero-order chi connectivity index (χ0) is 43.2. The summed E-state index contributed by atoms with van der Waals surface area (Å²) in [4.78, 5) is 42.2. The quantitative estimate of drug-likeness (QED) is 0.165. The number of aryl methyl sites for hydroxylation is 2. The molecular weight excluding hydrogens is 793 g/mol. The summed E-state index contributed by atoms with van der Waals surface area (Å²) in [5, 5.41) is 9.25. The largest absolute Gasteiger partial charge is 0.354 e. The molecule has 64 heavy (non-hydrogen) atoms. The molecule has 3 amide bonds. The van der Waals surface area contributed by atoms with E-state index >= 15 is 0 Å². The number of aromatic amines is 1. The van der Waals surface area contributed by atoms with E-state index in [0.29, 0.717) is 13.1 Å². The van der Waals surface area contributed by atoms with Gasteiger partial charge in [-0.2, -0.15) is 0 Å². The normalized spacial score (nSPS) is 14.0. The highest BCUT2D eigenvalue weighted by atomic mass is 16.2. The maximum atomic E-state index is 12.6. The van der Waals surface area contributed by atoms with Crippen molar-refractivity contribution >= 4 is 50.4 Å². The molecule has 3 N–H and O–H groups in total. The van der Waals surface area contributed by atoms with Crippen LogP contribution in [0.15, 0.2) is 146 Å². The molecule has 9 nitrogen and oxygen atoms in total. The first-order valence-electron chi connectivity index (χ1n) is 21.6. The van der Waals surface area contributed by atoms with Gasteiger partial charge in [0.15, 0.2) is 0 Å². The molecule has 0 unspecified atom stereocenters. The van der Waals surface area contributed by atoms with Crippen molar-refractivity contribution in [3.8, 4) is 33.8 Å². The second-order valence-electron chi connectivity index (χ2n) is 16.5. The molecule has 0 saturated carbocycles. The molecule has 0 radical (unpaired) electrons. The number of carbonyl (C=O) groups excluding carboxylic acids is 3. The Hall–Kier alpha value is -7.65. The maximum absolute atomic E-state index is 12.6. The summed E-state index contributed by atoms with van der Waals surface area (Å²) in [6.07, 6.45) is 2.61. The van der Waals surface area contributed by atoms with E-state index < -0.39 is 0 Å². The lowest BCUT2D eigenvalue weighted by atomic mass is 10.0. The van der Waals surface area contributed by atoms with Crippen molar-refractivity contribution in [2.45, 2.75) is 26.7 Å². The van der Waals surface area contributed by atoms with Gasteiger partial charge in [0.25, 0.3) is 17.7 Å². The fourth-order valence-corrected chi connectivity index (χ4v) is 9.92. The van der Waals surface area contributed by atoms with Crippen molar-refractivity contribution in [3.05, 3.63) is 179 Å². The predicted molar refractivity (Wildman–Crippen MR) is 260 cm³/mol. The average molecular weight is 845 g/mol. The molecule has 320 valence electrons. The van der Waals surface area contributed by atoms with E-state index in [1.165, 1.54) is 44.8 Å². The predicted octanol–water partition coefficient (Wildman–Crippen LogP) is 10.4. The van der Waals surface area contributed by atoms with Crippen LogP contribution in [0.3, 0.4) is 0 Å².